The van der Waals surface area contributed by atoms with E-state index in [9.17, 15) is 4.79 Å². The summed E-state index contributed by atoms with van der Waals surface area (Å²) < 4.78 is 0. The third-order valence-corrected chi connectivity index (χ3v) is 5.28. The molecule has 0 spiro atoms. The molecule has 1 aliphatic rings. The van der Waals surface area contributed by atoms with Gasteiger partial charge in [-0.15, -0.1) is 0 Å². The van der Waals surface area contributed by atoms with Crippen LogP contribution in [0, 0.1) is 0 Å². The molecular formula is C21H25N5O. The van der Waals surface area contributed by atoms with Gasteiger partial charge in [0.25, 0.3) is 0 Å². The summed E-state index contributed by atoms with van der Waals surface area (Å²) in [6, 6.07) is 14.9. The minimum absolute atomic E-state index is 0.612. The minimum atomic E-state index is 0.612. The summed E-state index contributed by atoms with van der Waals surface area (Å²) in [5, 5.41) is 2.71. The number of H-pyrrole nitrogens is 1. The van der Waals surface area contributed by atoms with E-state index in [0.717, 1.165) is 48.6 Å². The monoisotopic (exact) mass is 363 g/mol. The van der Waals surface area contributed by atoms with Crippen molar-refractivity contribution >= 4 is 28.8 Å². The fourth-order valence-electron chi connectivity index (χ4n) is 3.68. The predicted molar refractivity (Wildman–Crippen MR) is 110 cm³/mol. The highest BCUT2D eigenvalue weighted by Gasteiger charge is 2.19. The van der Waals surface area contributed by atoms with Crippen molar-refractivity contribution in [3.63, 3.8) is 0 Å². The largest absolute Gasteiger partial charge is 0.369 e. The lowest BCUT2D eigenvalue weighted by Crippen LogP contribution is -2.48. The first-order valence-electron chi connectivity index (χ1n) is 9.44. The molecule has 2 heterocycles. The number of hydrogen-bond acceptors (Lipinski definition) is 4. The maximum Gasteiger partial charge on any atom is 0.211 e. The Kier molecular flexibility index (Phi) is 4.81. The second kappa shape index (κ2) is 7.40. The van der Waals surface area contributed by atoms with Gasteiger partial charge >= 0.3 is 0 Å². The Balaban J connectivity index is 1.53. The van der Waals surface area contributed by atoms with Gasteiger partial charge in [0.05, 0.1) is 11.2 Å². The van der Waals surface area contributed by atoms with Gasteiger partial charge in [0, 0.05) is 43.5 Å². The van der Waals surface area contributed by atoms with Crippen LogP contribution in [0.4, 0.5) is 11.4 Å². The van der Waals surface area contributed by atoms with Crippen molar-refractivity contribution in [2.24, 2.45) is 0 Å². The van der Waals surface area contributed by atoms with Crippen LogP contribution in [0.5, 0.6) is 0 Å². The number of imidazole rings is 1. The number of rotatable bonds is 5. The molecule has 140 valence electrons. The molecule has 27 heavy (non-hydrogen) atoms. The van der Waals surface area contributed by atoms with Crippen LogP contribution in [-0.2, 0) is 4.79 Å². The lowest BCUT2D eigenvalue weighted by atomic mass is 10.1. The topological polar surface area (TPSA) is 64.3 Å². The molecule has 0 aliphatic carbocycles. The Labute approximate surface area is 159 Å². The Bertz CT molecular complexity index is 923. The van der Waals surface area contributed by atoms with Gasteiger partial charge in [-0.05, 0) is 50.2 Å². The first kappa shape index (κ1) is 17.5. The van der Waals surface area contributed by atoms with E-state index in [1.54, 1.807) is 0 Å². The van der Waals surface area contributed by atoms with Crippen molar-refractivity contribution in [1.29, 1.82) is 0 Å². The van der Waals surface area contributed by atoms with E-state index in [4.69, 9.17) is 0 Å². The van der Waals surface area contributed by atoms with E-state index in [2.05, 4.69) is 63.2 Å². The molecule has 0 atom stereocenters. The Hall–Kier alpha value is -2.86. The van der Waals surface area contributed by atoms with Crippen LogP contribution in [-0.4, -0.2) is 53.5 Å². The first-order valence-corrected chi connectivity index (χ1v) is 9.44. The number of hydrogen-bond donors (Lipinski definition) is 2. The van der Waals surface area contributed by atoms with E-state index >= 15 is 0 Å². The zero-order chi connectivity index (χ0) is 18.8. The molecule has 0 unspecified atom stereocenters. The van der Waals surface area contributed by atoms with Gasteiger partial charge in [-0.25, -0.2) is 4.98 Å². The summed E-state index contributed by atoms with van der Waals surface area (Å²) >= 11 is 0. The van der Waals surface area contributed by atoms with Crippen LogP contribution in [0.2, 0.25) is 0 Å². The number of nitrogens with zero attached hydrogens (tertiary/aromatic N) is 3. The van der Waals surface area contributed by atoms with Crippen LogP contribution in [0.15, 0.2) is 42.5 Å². The molecule has 2 N–H and O–H groups in total. The maximum atomic E-state index is 10.8. The fraction of sp³-hybridized carbons (Fsp3) is 0.333. The first-order chi connectivity index (χ1) is 13.2. The lowest BCUT2D eigenvalue weighted by molar-refractivity contribution is -0.105. The van der Waals surface area contributed by atoms with E-state index in [1.807, 2.05) is 18.2 Å². The van der Waals surface area contributed by atoms with E-state index in [-0.39, 0.29) is 0 Å². The smallest absolute Gasteiger partial charge is 0.211 e. The lowest BCUT2D eigenvalue weighted by Gasteiger charge is -2.38. The van der Waals surface area contributed by atoms with Gasteiger partial charge in [-0.3, -0.25) is 9.69 Å². The summed E-state index contributed by atoms with van der Waals surface area (Å²) in [6.45, 7) is 8.85. The highest BCUT2D eigenvalue weighted by Crippen LogP contribution is 2.27. The Morgan fingerprint density at radius 2 is 1.81 bits per heavy atom. The number of anilines is 2. The number of nitrogens with one attached hydrogen (secondary N) is 2. The van der Waals surface area contributed by atoms with Crippen LogP contribution in [0.3, 0.4) is 0 Å². The number of piperazine rings is 1. The van der Waals surface area contributed by atoms with Crippen molar-refractivity contribution < 1.29 is 4.79 Å². The quantitative estimate of drug-likeness (QED) is 0.683. The number of para-hydroxylation sites is 1. The van der Waals surface area contributed by atoms with Crippen LogP contribution >= 0.6 is 0 Å². The van der Waals surface area contributed by atoms with Gasteiger partial charge in [0.2, 0.25) is 6.41 Å². The maximum absolute atomic E-state index is 10.8. The molecule has 0 saturated carbocycles. The van der Waals surface area contributed by atoms with Gasteiger partial charge in [-0.2, -0.15) is 0 Å². The number of fused-ring (bicyclic) bond motifs is 1. The highest BCUT2D eigenvalue weighted by molar-refractivity contribution is 5.94. The summed E-state index contributed by atoms with van der Waals surface area (Å²) in [5.74, 6) is 0.807. The molecule has 1 saturated heterocycles. The Morgan fingerprint density at radius 1 is 1.07 bits per heavy atom. The molecule has 1 aliphatic heterocycles. The van der Waals surface area contributed by atoms with Gasteiger partial charge in [0.1, 0.15) is 11.3 Å². The van der Waals surface area contributed by atoms with Crippen molar-refractivity contribution in [1.82, 2.24) is 14.9 Å². The molecule has 3 aromatic rings. The summed E-state index contributed by atoms with van der Waals surface area (Å²) in [6.07, 6.45) is 0.678. The van der Waals surface area contributed by atoms with Crippen molar-refractivity contribution in [2.45, 2.75) is 19.9 Å². The highest BCUT2D eigenvalue weighted by atomic mass is 16.1. The van der Waals surface area contributed by atoms with Crippen LogP contribution < -0.4 is 10.2 Å². The standard InChI is InChI=1S/C21H25N5O/c1-15(2)25-10-12-26(13-11-25)17-8-6-16(7-9-17)21-23-19-5-3-4-18(22-14-27)20(19)24-21/h3-9,14-15H,10-13H2,1-2H3,(H,22,27)(H,23,24). The van der Waals surface area contributed by atoms with E-state index in [0.29, 0.717) is 18.1 Å². The number of aromatic amines is 1. The van der Waals surface area contributed by atoms with Crippen LogP contribution in [0.1, 0.15) is 13.8 Å². The second-order valence-corrected chi connectivity index (χ2v) is 7.21. The van der Waals surface area contributed by atoms with Crippen molar-refractivity contribution in [2.75, 3.05) is 36.4 Å². The SMILES string of the molecule is CC(C)N1CCN(c2ccc(-c3nc4c(NC=O)cccc4[nH]3)cc2)CC1. The molecule has 1 fully saturated rings. The molecule has 2 aromatic carbocycles. The zero-order valence-electron chi connectivity index (χ0n) is 15.8. The molecule has 6 nitrogen and oxygen atoms in total. The van der Waals surface area contributed by atoms with Crippen molar-refractivity contribution in [3.05, 3.63) is 42.5 Å². The second-order valence-electron chi connectivity index (χ2n) is 7.21. The van der Waals surface area contributed by atoms with E-state index in [1.165, 1.54) is 5.69 Å². The fourth-order valence-corrected chi connectivity index (χ4v) is 3.68. The summed E-state index contributed by atoms with van der Waals surface area (Å²) in [4.78, 5) is 23.8. The number of carbonyl (C=O) groups excluding carboxylic acids is 1. The van der Waals surface area contributed by atoms with Gasteiger partial charge < -0.3 is 15.2 Å². The molecule has 4 rings (SSSR count). The predicted octanol–water partition coefficient (Wildman–Crippen LogP) is 3.33. The number of amides is 1. The average Bonchev–Trinajstić information content (AvgIpc) is 3.14. The van der Waals surface area contributed by atoms with Gasteiger partial charge in [0.15, 0.2) is 0 Å². The third-order valence-electron chi connectivity index (χ3n) is 5.28. The molecular weight excluding hydrogens is 338 g/mol. The minimum Gasteiger partial charge on any atom is -0.369 e. The number of aromatic nitrogens is 2. The molecule has 1 amide bonds. The number of carbonyl (C=O) groups is 1. The number of benzene rings is 2. The normalized spacial score (nSPS) is 15.4. The molecule has 6 heteroatoms. The average molecular weight is 363 g/mol. The van der Waals surface area contributed by atoms with Gasteiger partial charge in [-0.1, -0.05) is 6.07 Å². The molecule has 0 radical (unpaired) electrons. The molecule has 1 aromatic heterocycles. The Morgan fingerprint density at radius 3 is 2.48 bits per heavy atom. The van der Waals surface area contributed by atoms with Crippen molar-refractivity contribution in [3.8, 4) is 11.4 Å². The van der Waals surface area contributed by atoms with E-state index < -0.39 is 0 Å². The zero-order valence-corrected chi connectivity index (χ0v) is 15.8. The third kappa shape index (κ3) is 3.53. The summed E-state index contributed by atoms with van der Waals surface area (Å²) in [7, 11) is 0. The summed E-state index contributed by atoms with van der Waals surface area (Å²) in [5.41, 5.74) is 4.68. The van der Waals surface area contributed by atoms with Crippen LogP contribution in [0.25, 0.3) is 22.4 Å². The molecule has 0 bridgehead atoms.